The van der Waals surface area contributed by atoms with Crippen molar-refractivity contribution in [3.05, 3.63) is 35.9 Å². The molecule has 21 heavy (non-hydrogen) atoms. The van der Waals surface area contributed by atoms with Gasteiger partial charge in [0.25, 0.3) is 0 Å². The number of hydrogen-bond donors (Lipinski definition) is 1. The fourth-order valence-corrected chi connectivity index (χ4v) is 4.18. The number of hydrogen-bond acceptors (Lipinski definition) is 2. The molecule has 0 bridgehead atoms. The van der Waals surface area contributed by atoms with E-state index in [4.69, 9.17) is 0 Å². The number of nitrogens with one attached hydrogen (secondary N) is 1. The van der Waals surface area contributed by atoms with Crippen molar-refractivity contribution < 1.29 is 0 Å². The van der Waals surface area contributed by atoms with Crippen molar-refractivity contribution in [1.29, 1.82) is 0 Å². The van der Waals surface area contributed by atoms with Gasteiger partial charge in [0.15, 0.2) is 0 Å². The summed E-state index contributed by atoms with van der Waals surface area (Å²) in [5, 5.41) is 3.72. The highest BCUT2D eigenvalue weighted by Crippen LogP contribution is 2.30. The van der Waals surface area contributed by atoms with E-state index in [1.165, 1.54) is 57.2 Å². The minimum absolute atomic E-state index is 0.628. The van der Waals surface area contributed by atoms with Crippen molar-refractivity contribution in [3.8, 4) is 0 Å². The van der Waals surface area contributed by atoms with Crippen LogP contribution in [-0.4, -0.2) is 36.6 Å². The molecule has 1 heterocycles. The van der Waals surface area contributed by atoms with Crippen LogP contribution in [0.2, 0.25) is 0 Å². The molecule has 1 N–H and O–H groups in total. The third-order valence-electron chi connectivity index (χ3n) is 5.46. The standard InChI is InChI=1S/C19H30N2/c1-2-16-9-6-10-19(14-16)21-12-11-20-18(15-21)13-17-7-4-3-5-8-17/h3-5,7-8,16,18-20H,2,6,9-15H2,1H3. The zero-order valence-electron chi connectivity index (χ0n) is 13.4. The molecule has 0 aromatic heterocycles. The Bertz CT molecular complexity index is 417. The third kappa shape index (κ3) is 4.08. The second kappa shape index (κ2) is 7.42. The third-order valence-corrected chi connectivity index (χ3v) is 5.46. The number of rotatable bonds is 4. The summed E-state index contributed by atoms with van der Waals surface area (Å²) >= 11 is 0. The molecule has 0 radical (unpaired) electrons. The molecule has 1 saturated carbocycles. The van der Waals surface area contributed by atoms with E-state index in [0.29, 0.717) is 6.04 Å². The first-order chi connectivity index (χ1) is 10.3. The van der Waals surface area contributed by atoms with Gasteiger partial charge in [0.2, 0.25) is 0 Å². The van der Waals surface area contributed by atoms with Gasteiger partial charge in [-0.05, 0) is 30.7 Å². The molecular formula is C19H30N2. The molecule has 1 saturated heterocycles. The molecule has 116 valence electrons. The normalized spacial score (nSPS) is 31.2. The van der Waals surface area contributed by atoms with Crippen LogP contribution >= 0.6 is 0 Å². The second-order valence-corrected chi connectivity index (χ2v) is 6.93. The summed E-state index contributed by atoms with van der Waals surface area (Å²) in [6.45, 7) is 6.00. The van der Waals surface area contributed by atoms with Gasteiger partial charge in [0, 0.05) is 31.7 Å². The van der Waals surface area contributed by atoms with E-state index >= 15 is 0 Å². The minimum atomic E-state index is 0.628. The van der Waals surface area contributed by atoms with Gasteiger partial charge in [-0.15, -0.1) is 0 Å². The van der Waals surface area contributed by atoms with Crippen LogP contribution < -0.4 is 5.32 Å². The number of piperazine rings is 1. The molecule has 2 aliphatic rings. The van der Waals surface area contributed by atoms with Gasteiger partial charge in [-0.2, -0.15) is 0 Å². The Balaban J connectivity index is 1.55. The summed E-state index contributed by atoms with van der Waals surface area (Å²) in [4.78, 5) is 2.78. The fraction of sp³-hybridized carbons (Fsp3) is 0.684. The summed E-state index contributed by atoms with van der Waals surface area (Å²) in [6.07, 6.45) is 8.31. The minimum Gasteiger partial charge on any atom is -0.311 e. The summed E-state index contributed by atoms with van der Waals surface area (Å²) in [7, 11) is 0. The lowest BCUT2D eigenvalue weighted by atomic mass is 9.83. The van der Waals surface area contributed by atoms with Crippen molar-refractivity contribution in [3.63, 3.8) is 0 Å². The summed E-state index contributed by atoms with van der Waals surface area (Å²) in [5.41, 5.74) is 1.46. The summed E-state index contributed by atoms with van der Waals surface area (Å²) in [6, 6.07) is 12.4. The molecular weight excluding hydrogens is 256 g/mol. The highest BCUT2D eigenvalue weighted by Gasteiger charge is 2.29. The maximum atomic E-state index is 3.72. The Morgan fingerprint density at radius 2 is 2.05 bits per heavy atom. The molecule has 2 fully saturated rings. The molecule has 1 aliphatic heterocycles. The van der Waals surface area contributed by atoms with E-state index in [0.717, 1.165) is 18.5 Å². The van der Waals surface area contributed by atoms with Gasteiger partial charge in [0.05, 0.1) is 0 Å². The molecule has 1 aromatic rings. The lowest BCUT2D eigenvalue weighted by Crippen LogP contribution is -2.55. The Hall–Kier alpha value is -0.860. The van der Waals surface area contributed by atoms with Crippen molar-refractivity contribution in [2.75, 3.05) is 19.6 Å². The monoisotopic (exact) mass is 286 g/mol. The van der Waals surface area contributed by atoms with Crippen molar-refractivity contribution in [2.45, 2.75) is 57.5 Å². The van der Waals surface area contributed by atoms with E-state index in [-0.39, 0.29) is 0 Å². The van der Waals surface area contributed by atoms with E-state index in [2.05, 4.69) is 47.5 Å². The average molecular weight is 286 g/mol. The Labute approximate surface area is 129 Å². The van der Waals surface area contributed by atoms with Crippen LogP contribution in [0.1, 0.15) is 44.6 Å². The average Bonchev–Trinajstić information content (AvgIpc) is 2.56. The van der Waals surface area contributed by atoms with Crippen LogP contribution in [0.3, 0.4) is 0 Å². The van der Waals surface area contributed by atoms with Gasteiger partial charge >= 0.3 is 0 Å². The van der Waals surface area contributed by atoms with Crippen molar-refractivity contribution in [1.82, 2.24) is 10.2 Å². The topological polar surface area (TPSA) is 15.3 Å². The van der Waals surface area contributed by atoms with Gasteiger partial charge < -0.3 is 5.32 Å². The maximum Gasteiger partial charge on any atom is 0.0236 e. The van der Waals surface area contributed by atoms with Gasteiger partial charge in [-0.25, -0.2) is 0 Å². The molecule has 3 rings (SSSR count). The first-order valence-electron chi connectivity index (χ1n) is 8.86. The first-order valence-corrected chi connectivity index (χ1v) is 8.86. The van der Waals surface area contributed by atoms with Gasteiger partial charge in [-0.3, -0.25) is 4.90 Å². The Morgan fingerprint density at radius 3 is 2.86 bits per heavy atom. The predicted octanol–water partition coefficient (Wildman–Crippen LogP) is 3.47. The van der Waals surface area contributed by atoms with Crippen LogP contribution in [-0.2, 0) is 6.42 Å². The van der Waals surface area contributed by atoms with Crippen LogP contribution in [0.5, 0.6) is 0 Å². The van der Waals surface area contributed by atoms with E-state index in [1.807, 2.05) is 0 Å². The molecule has 1 aliphatic carbocycles. The molecule has 3 unspecified atom stereocenters. The summed E-state index contributed by atoms with van der Waals surface area (Å²) in [5.74, 6) is 0.978. The molecule has 2 heteroatoms. The molecule has 0 spiro atoms. The highest BCUT2D eigenvalue weighted by atomic mass is 15.2. The molecule has 2 nitrogen and oxygen atoms in total. The smallest absolute Gasteiger partial charge is 0.0236 e. The quantitative estimate of drug-likeness (QED) is 0.911. The van der Waals surface area contributed by atoms with Crippen LogP contribution in [0.25, 0.3) is 0 Å². The molecule has 3 atom stereocenters. The predicted molar refractivity (Wildman–Crippen MR) is 89.5 cm³/mol. The molecule has 1 aromatic carbocycles. The summed E-state index contributed by atoms with van der Waals surface area (Å²) < 4.78 is 0. The maximum absolute atomic E-state index is 3.72. The van der Waals surface area contributed by atoms with Crippen LogP contribution in [0, 0.1) is 5.92 Å². The lowest BCUT2D eigenvalue weighted by Gasteiger charge is -2.42. The first kappa shape index (κ1) is 15.1. The van der Waals surface area contributed by atoms with Gasteiger partial charge in [0.1, 0.15) is 0 Å². The van der Waals surface area contributed by atoms with Gasteiger partial charge in [-0.1, -0.05) is 56.5 Å². The molecule has 0 amide bonds. The van der Waals surface area contributed by atoms with Crippen molar-refractivity contribution in [2.24, 2.45) is 5.92 Å². The zero-order chi connectivity index (χ0) is 14.5. The van der Waals surface area contributed by atoms with E-state index in [9.17, 15) is 0 Å². The zero-order valence-corrected chi connectivity index (χ0v) is 13.4. The van der Waals surface area contributed by atoms with Crippen LogP contribution in [0.15, 0.2) is 30.3 Å². The Kier molecular flexibility index (Phi) is 5.32. The number of benzene rings is 1. The Morgan fingerprint density at radius 1 is 1.19 bits per heavy atom. The van der Waals surface area contributed by atoms with Crippen LogP contribution in [0.4, 0.5) is 0 Å². The van der Waals surface area contributed by atoms with Crippen molar-refractivity contribution >= 4 is 0 Å². The SMILES string of the molecule is CCC1CCCC(N2CCNC(Cc3ccccc3)C2)C1. The van der Waals surface area contributed by atoms with E-state index < -0.39 is 0 Å². The fourth-order valence-electron chi connectivity index (χ4n) is 4.18. The highest BCUT2D eigenvalue weighted by molar-refractivity contribution is 5.16. The van der Waals surface area contributed by atoms with E-state index in [1.54, 1.807) is 0 Å². The largest absolute Gasteiger partial charge is 0.311 e. The second-order valence-electron chi connectivity index (χ2n) is 6.93. The lowest BCUT2D eigenvalue weighted by molar-refractivity contribution is 0.0956. The number of nitrogens with zero attached hydrogens (tertiary/aromatic N) is 1.